The van der Waals surface area contributed by atoms with E-state index in [1.807, 2.05) is 4.90 Å². The van der Waals surface area contributed by atoms with Crippen LogP contribution in [0.5, 0.6) is 0 Å². The van der Waals surface area contributed by atoms with Crippen molar-refractivity contribution in [2.45, 2.75) is 33.6 Å². The van der Waals surface area contributed by atoms with Gasteiger partial charge in [-0.15, -0.1) is 0 Å². The molecule has 0 radical (unpaired) electrons. The lowest BCUT2D eigenvalue weighted by molar-refractivity contribution is 0.0749. The van der Waals surface area contributed by atoms with Gasteiger partial charge in [0.15, 0.2) is 0 Å². The second-order valence-corrected chi connectivity index (χ2v) is 5.96. The number of amides is 1. The summed E-state index contributed by atoms with van der Waals surface area (Å²) >= 11 is 0. The Morgan fingerprint density at radius 1 is 1.13 bits per heavy atom. The molecule has 0 spiro atoms. The lowest BCUT2D eigenvalue weighted by Crippen LogP contribution is -2.47. The Kier molecular flexibility index (Phi) is 6.77. The highest BCUT2D eigenvalue weighted by molar-refractivity contribution is 5.92. The highest BCUT2D eigenvalue weighted by Gasteiger charge is 2.20. The predicted molar refractivity (Wildman–Crippen MR) is 92.8 cm³/mol. The minimum absolute atomic E-state index is 0.0181. The predicted octanol–water partition coefficient (Wildman–Crippen LogP) is 1.88. The molecule has 0 saturated carbocycles. The molecule has 1 aliphatic heterocycles. The Balaban J connectivity index is 2.08. The molecule has 0 atom stereocenters. The molecule has 128 valence electrons. The Hall–Kier alpha value is -1.69. The zero-order valence-electron chi connectivity index (χ0n) is 14.7. The Labute approximate surface area is 139 Å². The molecular formula is C17H29N5O. The molecule has 6 nitrogen and oxygen atoms in total. The van der Waals surface area contributed by atoms with Gasteiger partial charge in [0.05, 0.1) is 0 Å². The second-order valence-electron chi connectivity index (χ2n) is 5.96. The van der Waals surface area contributed by atoms with Gasteiger partial charge in [-0.2, -0.15) is 0 Å². The van der Waals surface area contributed by atoms with Gasteiger partial charge in [0.2, 0.25) is 5.95 Å². The highest BCUT2D eigenvalue weighted by atomic mass is 16.2. The monoisotopic (exact) mass is 319 g/mol. The number of nitrogens with zero attached hydrogens (tertiary/aromatic N) is 5. The lowest BCUT2D eigenvalue weighted by Gasteiger charge is -2.34. The first-order chi connectivity index (χ1) is 11.2. The number of rotatable bonds is 7. The van der Waals surface area contributed by atoms with Crippen LogP contribution in [-0.2, 0) is 0 Å². The summed E-state index contributed by atoms with van der Waals surface area (Å²) in [5.41, 5.74) is 0.509. The maximum atomic E-state index is 12.7. The summed E-state index contributed by atoms with van der Waals surface area (Å²) in [6.07, 6.45) is 3.63. The summed E-state index contributed by atoms with van der Waals surface area (Å²) < 4.78 is 0. The van der Waals surface area contributed by atoms with Crippen LogP contribution in [0.3, 0.4) is 0 Å². The average Bonchev–Trinajstić information content (AvgIpc) is 2.61. The first kappa shape index (κ1) is 17.7. The van der Waals surface area contributed by atoms with Gasteiger partial charge < -0.3 is 14.7 Å². The fourth-order valence-corrected chi connectivity index (χ4v) is 2.90. The van der Waals surface area contributed by atoms with Crippen LogP contribution in [0.1, 0.15) is 44.1 Å². The number of likely N-dealkylation sites (N-methyl/N-ethyl adjacent to an activating group) is 1. The van der Waals surface area contributed by atoms with Crippen LogP contribution >= 0.6 is 0 Å². The lowest BCUT2D eigenvalue weighted by atomic mass is 10.3. The van der Waals surface area contributed by atoms with Crippen LogP contribution in [0, 0.1) is 0 Å². The minimum atomic E-state index is 0.0181. The molecule has 1 saturated heterocycles. The van der Waals surface area contributed by atoms with Gasteiger partial charge in [0, 0.05) is 45.5 Å². The van der Waals surface area contributed by atoms with E-state index in [1.165, 1.54) is 0 Å². The van der Waals surface area contributed by atoms with Gasteiger partial charge in [0.1, 0.15) is 5.69 Å². The second kappa shape index (κ2) is 8.82. The van der Waals surface area contributed by atoms with E-state index in [2.05, 4.69) is 40.5 Å². The molecule has 1 aromatic heterocycles. The first-order valence-corrected chi connectivity index (χ1v) is 8.79. The van der Waals surface area contributed by atoms with Crippen LogP contribution in [-0.4, -0.2) is 71.5 Å². The highest BCUT2D eigenvalue weighted by Crippen LogP contribution is 2.12. The van der Waals surface area contributed by atoms with Gasteiger partial charge in [-0.3, -0.25) is 4.79 Å². The third-order valence-electron chi connectivity index (χ3n) is 4.24. The molecule has 1 aliphatic rings. The van der Waals surface area contributed by atoms with E-state index >= 15 is 0 Å². The summed E-state index contributed by atoms with van der Waals surface area (Å²) in [6.45, 7) is 12.9. The van der Waals surface area contributed by atoms with Crippen molar-refractivity contribution in [2.75, 3.05) is 50.7 Å². The molecule has 1 amide bonds. The zero-order chi connectivity index (χ0) is 16.7. The van der Waals surface area contributed by atoms with Crippen LogP contribution in [0.15, 0.2) is 12.3 Å². The number of carbonyl (C=O) groups is 1. The topological polar surface area (TPSA) is 52.6 Å². The van der Waals surface area contributed by atoms with E-state index in [0.29, 0.717) is 11.6 Å². The van der Waals surface area contributed by atoms with Crippen molar-refractivity contribution in [1.82, 2.24) is 19.8 Å². The molecule has 2 rings (SSSR count). The Morgan fingerprint density at radius 2 is 1.78 bits per heavy atom. The number of hydrogen-bond donors (Lipinski definition) is 0. The normalized spacial score (nSPS) is 15.7. The average molecular weight is 319 g/mol. The summed E-state index contributed by atoms with van der Waals surface area (Å²) in [5, 5.41) is 0. The summed E-state index contributed by atoms with van der Waals surface area (Å²) in [7, 11) is 0. The number of anilines is 1. The molecule has 0 N–H and O–H groups in total. The fraction of sp³-hybridized carbons (Fsp3) is 0.706. The Bertz CT molecular complexity index is 494. The van der Waals surface area contributed by atoms with E-state index in [4.69, 9.17) is 0 Å². The zero-order valence-corrected chi connectivity index (χ0v) is 14.7. The number of hydrogen-bond acceptors (Lipinski definition) is 5. The quantitative estimate of drug-likeness (QED) is 0.768. The van der Waals surface area contributed by atoms with Crippen LogP contribution in [0.2, 0.25) is 0 Å². The van der Waals surface area contributed by atoms with Gasteiger partial charge in [-0.1, -0.05) is 20.8 Å². The van der Waals surface area contributed by atoms with Crippen molar-refractivity contribution in [3.05, 3.63) is 18.0 Å². The molecule has 0 aliphatic carbocycles. The smallest absolute Gasteiger partial charge is 0.272 e. The molecule has 1 fully saturated rings. The van der Waals surface area contributed by atoms with E-state index in [1.54, 1.807) is 12.3 Å². The summed E-state index contributed by atoms with van der Waals surface area (Å²) in [5.74, 6) is 0.698. The molecule has 23 heavy (non-hydrogen) atoms. The van der Waals surface area contributed by atoms with Gasteiger partial charge in [-0.05, 0) is 25.5 Å². The van der Waals surface area contributed by atoms with E-state index < -0.39 is 0 Å². The largest absolute Gasteiger partial charge is 0.338 e. The molecule has 0 bridgehead atoms. The third kappa shape index (κ3) is 4.64. The number of carbonyl (C=O) groups excluding carboxylic acids is 1. The maximum Gasteiger partial charge on any atom is 0.272 e. The standard InChI is InChI=1S/C17H29N5O/c1-4-9-21(10-5-2)16(23)15-7-8-18-17(19-15)22-13-11-20(6-3)12-14-22/h7-8H,4-6,9-14H2,1-3H3. The number of piperazine rings is 1. The maximum absolute atomic E-state index is 12.7. The van der Waals surface area contributed by atoms with Crippen molar-refractivity contribution in [3.63, 3.8) is 0 Å². The molecule has 2 heterocycles. The van der Waals surface area contributed by atoms with Crippen molar-refractivity contribution in [2.24, 2.45) is 0 Å². The van der Waals surface area contributed by atoms with Gasteiger partial charge >= 0.3 is 0 Å². The molecule has 6 heteroatoms. The van der Waals surface area contributed by atoms with Gasteiger partial charge in [0.25, 0.3) is 5.91 Å². The van der Waals surface area contributed by atoms with Crippen LogP contribution in [0.4, 0.5) is 5.95 Å². The van der Waals surface area contributed by atoms with Crippen LogP contribution < -0.4 is 4.90 Å². The van der Waals surface area contributed by atoms with Crippen molar-refractivity contribution in [1.29, 1.82) is 0 Å². The molecule has 0 aromatic carbocycles. The van der Waals surface area contributed by atoms with Crippen molar-refractivity contribution < 1.29 is 4.79 Å². The van der Waals surface area contributed by atoms with Gasteiger partial charge in [-0.25, -0.2) is 9.97 Å². The first-order valence-electron chi connectivity index (χ1n) is 8.79. The van der Waals surface area contributed by atoms with E-state index in [-0.39, 0.29) is 5.91 Å². The van der Waals surface area contributed by atoms with Crippen molar-refractivity contribution >= 4 is 11.9 Å². The summed E-state index contributed by atoms with van der Waals surface area (Å²) in [4.78, 5) is 28.1. The fourth-order valence-electron chi connectivity index (χ4n) is 2.90. The Morgan fingerprint density at radius 3 is 2.35 bits per heavy atom. The molecule has 1 aromatic rings. The SMILES string of the molecule is CCCN(CCC)C(=O)c1ccnc(N2CCN(CC)CC2)n1. The van der Waals surface area contributed by atoms with E-state index in [0.717, 1.165) is 58.7 Å². The van der Waals surface area contributed by atoms with E-state index in [9.17, 15) is 4.79 Å². The number of aromatic nitrogens is 2. The molecular weight excluding hydrogens is 290 g/mol. The van der Waals surface area contributed by atoms with Crippen LogP contribution in [0.25, 0.3) is 0 Å². The molecule has 0 unspecified atom stereocenters. The van der Waals surface area contributed by atoms with Crippen molar-refractivity contribution in [3.8, 4) is 0 Å². The third-order valence-corrected chi connectivity index (χ3v) is 4.24. The summed E-state index contributed by atoms with van der Waals surface area (Å²) in [6, 6.07) is 1.73. The minimum Gasteiger partial charge on any atom is -0.338 e.